The second-order valence-corrected chi connectivity index (χ2v) is 3.91. The van der Waals surface area contributed by atoms with Gasteiger partial charge in [-0.15, -0.1) is 0 Å². The summed E-state index contributed by atoms with van der Waals surface area (Å²) in [5.74, 6) is -0.134. The third-order valence-corrected chi connectivity index (χ3v) is 2.29. The molecule has 82 valence electrons. The van der Waals surface area contributed by atoms with E-state index in [4.69, 9.17) is 4.74 Å². The van der Waals surface area contributed by atoms with Crippen LogP contribution in [0.25, 0.3) is 0 Å². The highest BCUT2D eigenvalue weighted by atomic mass is 79.9. The first-order valence-corrected chi connectivity index (χ1v) is 5.82. The molecule has 1 amide bonds. The lowest BCUT2D eigenvalue weighted by molar-refractivity contribution is -0.119. The second-order valence-electron chi connectivity index (χ2n) is 3.12. The third-order valence-electron chi connectivity index (χ3n) is 1.90. The summed E-state index contributed by atoms with van der Waals surface area (Å²) in [7, 11) is 1.50. The molecule has 1 aromatic rings. The van der Waals surface area contributed by atoms with E-state index in [1.165, 1.54) is 12.7 Å². The molecule has 0 saturated heterocycles. The Morgan fingerprint density at radius 2 is 2.07 bits per heavy atom. The number of carbonyl (C=O) groups excluding carboxylic acids is 1. The smallest absolute Gasteiger partial charge is 0.250 e. The molecule has 4 heteroatoms. The largest absolute Gasteiger partial charge is 0.375 e. The Morgan fingerprint density at radius 3 is 2.60 bits per heavy atom. The Balaban J connectivity index is 2.52. The maximum absolute atomic E-state index is 11.2. The van der Waals surface area contributed by atoms with Gasteiger partial charge in [-0.1, -0.05) is 28.1 Å². The molecule has 0 aromatic heterocycles. The van der Waals surface area contributed by atoms with Crippen molar-refractivity contribution in [1.29, 1.82) is 0 Å². The molecule has 15 heavy (non-hydrogen) atoms. The number of rotatable bonds is 5. The molecule has 1 aromatic carbocycles. The van der Waals surface area contributed by atoms with Crippen LogP contribution in [0.5, 0.6) is 0 Å². The van der Waals surface area contributed by atoms with Crippen molar-refractivity contribution in [2.45, 2.75) is 6.42 Å². The number of aryl methyl sites for hydroxylation is 1. The third kappa shape index (κ3) is 4.44. The molecule has 0 aliphatic heterocycles. The van der Waals surface area contributed by atoms with Crippen molar-refractivity contribution in [1.82, 2.24) is 0 Å². The molecule has 0 aliphatic carbocycles. The average Bonchev–Trinajstić information content (AvgIpc) is 2.22. The van der Waals surface area contributed by atoms with Crippen molar-refractivity contribution in [2.75, 3.05) is 24.4 Å². The zero-order chi connectivity index (χ0) is 11.1. The monoisotopic (exact) mass is 271 g/mol. The van der Waals surface area contributed by atoms with E-state index < -0.39 is 0 Å². The first kappa shape index (κ1) is 12.2. The molecule has 0 radical (unpaired) electrons. The summed E-state index contributed by atoms with van der Waals surface area (Å²) >= 11 is 3.38. The highest BCUT2D eigenvalue weighted by Crippen LogP contribution is 2.10. The SMILES string of the molecule is COCC(=O)Nc1ccc(CCBr)cc1. The number of anilines is 1. The van der Waals surface area contributed by atoms with E-state index in [1.54, 1.807) is 0 Å². The van der Waals surface area contributed by atoms with Gasteiger partial charge in [0.1, 0.15) is 6.61 Å². The first-order valence-electron chi connectivity index (χ1n) is 4.70. The maximum Gasteiger partial charge on any atom is 0.250 e. The van der Waals surface area contributed by atoms with Crippen molar-refractivity contribution in [3.63, 3.8) is 0 Å². The topological polar surface area (TPSA) is 38.3 Å². The van der Waals surface area contributed by atoms with Crippen molar-refractivity contribution < 1.29 is 9.53 Å². The van der Waals surface area contributed by atoms with Crippen LogP contribution < -0.4 is 5.32 Å². The quantitative estimate of drug-likeness (QED) is 0.834. The molecule has 0 spiro atoms. The lowest BCUT2D eigenvalue weighted by Gasteiger charge is -2.05. The number of ether oxygens (including phenoxy) is 1. The standard InChI is InChI=1S/C11H14BrNO2/c1-15-8-11(14)13-10-4-2-9(3-5-10)6-7-12/h2-5H,6-8H2,1H3,(H,13,14). The predicted octanol–water partition coefficient (Wildman–Crippen LogP) is 2.21. The molecule has 0 fully saturated rings. The minimum Gasteiger partial charge on any atom is -0.375 e. The summed E-state index contributed by atoms with van der Waals surface area (Å²) in [4.78, 5) is 11.2. The minimum atomic E-state index is -0.134. The average molecular weight is 272 g/mol. The number of alkyl halides is 1. The highest BCUT2D eigenvalue weighted by molar-refractivity contribution is 9.09. The molecule has 0 atom stereocenters. The summed E-state index contributed by atoms with van der Waals surface area (Å²) < 4.78 is 4.72. The highest BCUT2D eigenvalue weighted by Gasteiger charge is 2.00. The molecule has 0 heterocycles. The van der Waals surface area contributed by atoms with E-state index >= 15 is 0 Å². The van der Waals surface area contributed by atoms with E-state index in [9.17, 15) is 4.79 Å². The van der Waals surface area contributed by atoms with Gasteiger partial charge in [-0.05, 0) is 24.1 Å². The Bertz CT molecular complexity index is 311. The fraction of sp³-hybridized carbons (Fsp3) is 0.364. The minimum absolute atomic E-state index is 0.0865. The molecule has 3 nitrogen and oxygen atoms in total. The molecule has 0 saturated carbocycles. The summed E-state index contributed by atoms with van der Waals surface area (Å²) in [6, 6.07) is 7.80. The van der Waals surface area contributed by atoms with Gasteiger partial charge in [-0.3, -0.25) is 4.79 Å². The second kappa shape index (κ2) is 6.58. The predicted molar refractivity (Wildman–Crippen MR) is 64.4 cm³/mol. The zero-order valence-electron chi connectivity index (χ0n) is 8.63. The number of nitrogens with one attached hydrogen (secondary N) is 1. The van der Waals surface area contributed by atoms with Crippen LogP contribution in [0.1, 0.15) is 5.56 Å². The normalized spacial score (nSPS) is 10.0. The first-order chi connectivity index (χ1) is 7.26. The summed E-state index contributed by atoms with van der Waals surface area (Å²) in [5, 5.41) is 3.68. The number of methoxy groups -OCH3 is 1. The van der Waals surface area contributed by atoms with Crippen LogP contribution in [0.3, 0.4) is 0 Å². The van der Waals surface area contributed by atoms with Crippen LogP contribution in [-0.2, 0) is 16.0 Å². The number of hydrogen-bond donors (Lipinski definition) is 1. The van der Waals surface area contributed by atoms with E-state index in [0.717, 1.165) is 17.4 Å². The molecule has 1 N–H and O–H groups in total. The van der Waals surface area contributed by atoms with Crippen LogP contribution in [0, 0.1) is 0 Å². The summed E-state index contributed by atoms with van der Waals surface area (Å²) in [6.07, 6.45) is 0.992. The molecule has 1 rings (SSSR count). The van der Waals surface area contributed by atoms with Crippen molar-refractivity contribution in [2.24, 2.45) is 0 Å². The van der Waals surface area contributed by atoms with Gasteiger partial charge in [0, 0.05) is 18.1 Å². The van der Waals surface area contributed by atoms with Crippen LogP contribution in [0.2, 0.25) is 0 Å². The fourth-order valence-corrected chi connectivity index (χ4v) is 1.65. The van der Waals surface area contributed by atoms with E-state index in [1.807, 2.05) is 24.3 Å². The zero-order valence-corrected chi connectivity index (χ0v) is 10.2. The van der Waals surface area contributed by atoms with E-state index in [2.05, 4.69) is 21.2 Å². The maximum atomic E-state index is 11.2. The number of hydrogen-bond acceptors (Lipinski definition) is 2. The number of carbonyl (C=O) groups is 1. The van der Waals surface area contributed by atoms with Gasteiger partial charge < -0.3 is 10.1 Å². The van der Waals surface area contributed by atoms with Gasteiger partial charge in [0.05, 0.1) is 0 Å². The van der Waals surface area contributed by atoms with Gasteiger partial charge >= 0.3 is 0 Å². The number of benzene rings is 1. The van der Waals surface area contributed by atoms with Crippen molar-refractivity contribution in [3.05, 3.63) is 29.8 Å². The molecule has 0 unspecified atom stereocenters. The molecule has 0 aliphatic rings. The van der Waals surface area contributed by atoms with Crippen molar-refractivity contribution in [3.8, 4) is 0 Å². The Morgan fingerprint density at radius 1 is 1.40 bits per heavy atom. The Labute approximate surface area is 97.9 Å². The van der Waals surface area contributed by atoms with Gasteiger partial charge in [-0.25, -0.2) is 0 Å². The molecular weight excluding hydrogens is 258 g/mol. The number of amides is 1. The van der Waals surface area contributed by atoms with E-state index in [-0.39, 0.29) is 12.5 Å². The van der Waals surface area contributed by atoms with Gasteiger partial charge in [-0.2, -0.15) is 0 Å². The fourth-order valence-electron chi connectivity index (χ4n) is 1.19. The van der Waals surface area contributed by atoms with Crippen LogP contribution in [-0.4, -0.2) is 25.0 Å². The van der Waals surface area contributed by atoms with Gasteiger partial charge in [0.2, 0.25) is 5.91 Å². The van der Waals surface area contributed by atoms with Crippen LogP contribution >= 0.6 is 15.9 Å². The van der Waals surface area contributed by atoms with Crippen molar-refractivity contribution >= 4 is 27.5 Å². The number of halogens is 1. The van der Waals surface area contributed by atoms with E-state index in [0.29, 0.717) is 0 Å². The summed E-state index contributed by atoms with van der Waals surface area (Å²) in [6.45, 7) is 0.0865. The van der Waals surface area contributed by atoms with Crippen LogP contribution in [0.4, 0.5) is 5.69 Å². The van der Waals surface area contributed by atoms with Crippen LogP contribution in [0.15, 0.2) is 24.3 Å². The molecular formula is C11H14BrNO2. The summed E-state index contributed by atoms with van der Waals surface area (Å²) in [5.41, 5.74) is 2.05. The lowest BCUT2D eigenvalue weighted by atomic mass is 10.1. The van der Waals surface area contributed by atoms with Gasteiger partial charge in [0.15, 0.2) is 0 Å². The molecule has 0 bridgehead atoms. The Hall–Kier alpha value is -0.870. The van der Waals surface area contributed by atoms with Gasteiger partial charge in [0.25, 0.3) is 0 Å². The Kier molecular flexibility index (Phi) is 5.36. The lowest BCUT2D eigenvalue weighted by Crippen LogP contribution is -2.16.